The van der Waals surface area contributed by atoms with Gasteiger partial charge in [-0.1, -0.05) is 36.4 Å². The number of hydrogen-bond acceptors (Lipinski definition) is 4. The number of hydrogen-bond donors (Lipinski definition) is 0. The highest BCUT2D eigenvalue weighted by Crippen LogP contribution is 2.26. The first-order valence-corrected chi connectivity index (χ1v) is 7.46. The summed E-state index contributed by atoms with van der Waals surface area (Å²) in [6.45, 7) is 5.72. The van der Waals surface area contributed by atoms with Gasteiger partial charge in [-0.3, -0.25) is 9.59 Å². The highest BCUT2D eigenvalue weighted by Gasteiger charge is 2.30. The molecule has 0 spiro atoms. The van der Waals surface area contributed by atoms with Gasteiger partial charge in [0.25, 0.3) is 0 Å². The van der Waals surface area contributed by atoms with Gasteiger partial charge < -0.3 is 9.47 Å². The van der Waals surface area contributed by atoms with Crippen LogP contribution in [0.25, 0.3) is 6.08 Å². The standard InChI is InChI=1S/C18H22O4/c1-18(2,3)22-16(19)11-15-10-14(12-21-17(15)20)9-13-7-5-4-6-8-13/h4-9,15H,10-12H2,1-3H3. The second-order valence-corrected chi connectivity index (χ2v) is 6.51. The Balaban J connectivity index is 2.01. The Hall–Kier alpha value is -2.10. The molecule has 0 amide bonds. The number of benzene rings is 1. The van der Waals surface area contributed by atoms with Gasteiger partial charge in [0, 0.05) is 0 Å². The van der Waals surface area contributed by atoms with Crippen molar-refractivity contribution in [3.05, 3.63) is 41.5 Å². The smallest absolute Gasteiger partial charge is 0.310 e. The van der Waals surface area contributed by atoms with Crippen LogP contribution < -0.4 is 0 Å². The maximum absolute atomic E-state index is 11.9. The summed E-state index contributed by atoms with van der Waals surface area (Å²) in [4.78, 5) is 23.7. The predicted octanol–water partition coefficient (Wildman–Crippen LogP) is 3.36. The molecule has 0 aromatic heterocycles. The van der Waals surface area contributed by atoms with Crippen molar-refractivity contribution in [3.8, 4) is 0 Å². The molecule has 0 radical (unpaired) electrons. The van der Waals surface area contributed by atoms with Crippen LogP contribution in [0, 0.1) is 5.92 Å². The lowest BCUT2D eigenvalue weighted by Crippen LogP contribution is -2.31. The van der Waals surface area contributed by atoms with Crippen LogP contribution in [-0.2, 0) is 19.1 Å². The second kappa shape index (κ2) is 6.77. The molecule has 1 saturated heterocycles. The molecular weight excluding hydrogens is 280 g/mol. The van der Waals surface area contributed by atoms with Crippen LogP contribution in [0.4, 0.5) is 0 Å². The summed E-state index contributed by atoms with van der Waals surface area (Å²) >= 11 is 0. The molecule has 2 rings (SSSR count). The summed E-state index contributed by atoms with van der Waals surface area (Å²) in [5, 5.41) is 0. The minimum atomic E-state index is -0.543. The van der Waals surface area contributed by atoms with Gasteiger partial charge in [0.1, 0.15) is 12.2 Å². The van der Waals surface area contributed by atoms with E-state index in [1.165, 1.54) is 0 Å². The average molecular weight is 302 g/mol. The van der Waals surface area contributed by atoms with Gasteiger partial charge in [0.05, 0.1) is 12.3 Å². The van der Waals surface area contributed by atoms with Crippen LogP contribution in [0.2, 0.25) is 0 Å². The molecule has 1 aliphatic rings. The average Bonchev–Trinajstić information content (AvgIpc) is 2.41. The van der Waals surface area contributed by atoms with E-state index in [0.717, 1.165) is 11.1 Å². The minimum absolute atomic E-state index is 0.0578. The van der Waals surface area contributed by atoms with E-state index in [0.29, 0.717) is 13.0 Å². The third-order valence-electron chi connectivity index (χ3n) is 3.25. The monoisotopic (exact) mass is 302 g/mol. The van der Waals surface area contributed by atoms with Gasteiger partial charge in [-0.05, 0) is 38.3 Å². The number of esters is 2. The molecule has 1 aromatic carbocycles. The normalized spacial score (nSPS) is 20.6. The summed E-state index contributed by atoms with van der Waals surface area (Å²) in [6.07, 6.45) is 2.60. The molecule has 4 nitrogen and oxygen atoms in total. The third-order valence-corrected chi connectivity index (χ3v) is 3.25. The van der Waals surface area contributed by atoms with Crippen LogP contribution in [0.15, 0.2) is 35.9 Å². The Morgan fingerprint density at radius 1 is 1.32 bits per heavy atom. The quantitative estimate of drug-likeness (QED) is 0.803. The van der Waals surface area contributed by atoms with Crippen molar-refractivity contribution in [3.63, 3.8) is 0 Å². The largest absolute Gasteiger partial charge is 0.461 e. The zero-order chi connectivity index (χ0) is 16.2. The van der Waals surface area contributed by atoms with Crippen molar-refractivity contribution in [1.29, 1.82) is 0 Å². The highest BCUT2D eigenvalue weighted by molar-refractivity contribution is 5.81. The molecule has 1 aromatic rings. The van der Waals surface area contributed by atoms with E-state index in [1.54, 1.807) is 0 Å². The van der Waals surface area contributed by atoms with Gasteiger partial charge in [-0.15, -0.1) is 0 Å². The van der Waals surface area contributed by atoms with Gasteiger partial charge >= 0.3 is 11.9 Å². The molecule has 22 heavy (non-hydrogen) atoms. The molecule has 1 atom stereocenters. The summed E-state index contributed by atoms with van der Waals surface area (Å²) in [5.74, 6) is -1.15. The molecule has 0 saturated carbocycles. The number of carbonyl (C=O) groups excluding carboxylic acids is 2. The van der Waals surface area contributed by atoms with Gasteiger partial charge in [-0.2, -0.15) is 0 Å². The van der Waals surface area contributed by atoms with Gasteiger partial charge in [0.2, 0.25) is 0 Å². The Labute approximate surface area is 131 Å². The maximum atomic E-state index is 11.9. The Morgan fingerprint density at radius 2 is 2.00 bits per heavy atom. The Bertz CT molecular complexity index is 566. The van der Waals surface area contributed by atoms with E-state index >= 15 is 0 Å². The summed E-state index contributed by atoms with van der Waals surface area (Å²) < 4.78 is 10.5. The van der Waals surface area contributed by atoms with E-state index in [-0.39, 0.29) is 18.4 Å². The van der Waals surface area contributed by atoms with Crippen molar-refractivity contribution in [2.24, 2.45) is 5.92 Å². The highest BCUT2D eigenvalue weighted by atomic mass is 16.6. The molecule has 0 bridgehead atoms. The van der Waals surface area contributed by atoms with Crippen molar-refractivity contribution in [1.82, 2.24) is 0 Å². The van der Waals surface area contributed by atoms with E-state index in [9.17, 15) is 9.59 Å². The van der Waals surface area contributed by atoms with Gasteiger partial charge in [0.15, 0.2) is 0 Å². The summed E-state index contributed by atoms with van der Waals surface area (Å²) in [5.41, 5.74) is 1.53. The van der Waals surface area contributed by atoms with Crippen LogP contribution >= 0.6 is 0 Å². The SMILES string of the molecule is CC(C)(C)OC(=O)CC1CC(=Cc2ccccc2)COC1=O. The van der Waals surface area contributed by atoms with Crippen molar-refractivity contribution in [2.45, 2.75) is 39.2 Å². The molecule has 1 unspecified atom stereocenters. The van der Waals surface area contributed by atoms with E-state index in [1.807, 2.05) is 57.2 Å². The number of ether oxygens (including phenoxy) is 2. The lowest BCUT2D eigenvalue weighted by Gasteiger charge is -2.25. The second-order valence-electron chi connectivity index (χ2n) is 6.51. The summed E-state index contributed by atoms with van der Waals surface area (Å²) in [7, 11) is 0. The van der Waals surface area contributed by atoms with E-state index < -0.39 is 11.5 Å². The minimum Gasteiger partial charge on any atom is -0.461 e. The van der Waals surface area contributed by atoms with Gasteiger partial charge in [-0.25, -0.2) is 0 Å². The van der Waals surface area contributed by atoms with Crippen molar-refractivity contribution < 1.29 is 19.1 Å². The van der Waals surface area contributed by atoms with Crippen LogP contribution in [0.3, 0.4) is 0 Å². The predicted molar refractivity (Wildman–Crippen MR) is 83.9 cm³/mol. The number of carbonyl (C=O) groups is 2. The third kappa shape index (κ3) is 5.02. The zero-order valence-corrected chi connectivity index (χ0v) is 13.3. The zero-order valence-electron chi connectivity index (χ0n) is 13.3. The van der Waals surface area contributed by atoms with E-state index in [4.69, 9.17) is 9.47 Å². The first kappa shape index (κ1) is 16.3. The van der Waals surface area contributed by atoms with Crippen LogP contribution in [0.5, 0.6) is 0 Å². The molecular formula is C18H22O4. The molecule has 1 aliphatic heterocycles. The maximum Gasteiger partial charge on any atom is 0.310 e. The molecule has 118 valence electrons. The van der Waals surface area contributed by atoms with Crippen LogP contribution in [-0.4, -0.2) is 24.1 Å². The topological polar surface area (TPSA) is 52.6 Å². The number of rotatable bonds is 3. The Morgan fingerprint density at radius 3 is 2.64 bits per heavy atom. The fourth-order valence-electron chi connectivity index (χ4n) is 2.37. The number of cyclic esters (lactones) is 1. The molecule has 4 heteroatoms. The molecule has 0 N–H and O–H groups in total. The lowest BCUT2D eigenvalue weighted by molar-refractivity contribution is -0.162. The Kier molecular flexibility index (Phi) is 5.01. The molecule has 1 fully saturated rings. The first-order chi connectivity index (χ1) is 10.3. The van der Waals surface area contributed by atoms with E-state index in [2.05, 4.69) is 0 Å². The van der Waals surface area contributed by atoms with Crippen molar-refractivity contribution >= 4 is 18.0 Å². The molecule has 1 heterocycles. The fraction of sp³-hybridized carbons (Fsp3) is 0.444. The summed E-state index contributed by atoms with van der Waals surface area (Å²) in [6, 6.07) is 9.85. The first-order valence-electron chi connectivity index (χ1n) is 7.46. The lowest BCUT2D eigenvalue weighted by atomic mass is 9.93. The van der Waals surface area contributed by atoms with Crippen LogP contribution in [0.1, 0.15) is 39.2 Å². The fourth-order valence-corrected chi connectivity index (χ4v) is 2.37. The molecule has 0 aliphatic carbocycles. The van der Waals surface area contributed by atoms with Crippen molar-refractivity contribution in [2.75, 3.05) is 6.61 Å².